The quantitative estimate of drug-likeness (QED) is 0.448. The van der Waals surface area contributed by atoms with Crippen LogP contribution in [0.2, 0.25) is 0 Å². The van der Waals surface area contributed by atoms with Gasteiger partial charge in [-0.05, 0) is 61.5 Å². The number of nitrogens with one attached hydrogen (secondary N) is 1. The highest BCUT2D eigenvalue weighted by Gasteiger charge is 2.35. The summed E-state index contributed by atoms with van der Waals surface area (Å²) in [6.07, 6.45) is 3.02. The van der Waals surface area contributed by atoms with Crippen molar-refractivity contribution >= 4 is 40.7 Å². The maximum absolute atomic E-state index is 13.2. The van der Waals surface area contributed by atoms with Crippen LogP contribution in [-0.2, 0) is 9.59 Å². The van der Waals surface area contributed by atoms with Gasteiger partial charge in [0.2, 0.25) is 0 Å². The molecule has 9 heteroatoms. The summed E-state index contributed by atoms with van der Waals surface area (Å²) in [6, 6.07) is 8.89. The first kappa shape index (κ1) is 20.8. The molecule has 1 aromatic heterocycles. The molecular weight excluding hydrogens is 416 g/mol. The average Bonchev–Trinajstić information content (AvgIpc) is 3.28. The molecule has 8 nitrogen and oxygen atoms in total. The van der Waals surface area contributed by atoms with Gasteiger partial charge in [0.25, 0.3) is 17.7 Å². The Morgan fingerprint density at radius 1 is 1.10 bits per heavy atom. The normalized spacial score (nSPS) is 18.6. The van der Waals surface area contributed by atoms with Crippen molar-refractivity contribution in [2.45, 2.75) is 13.8 Å². The first-order chi connectivity index (χ1) is 14.8. The summed E-state index contributed by atoms with van der Waals surface area (Å²) < 4.78 is 5.17. The summed E-state index contributed by atoms with van der Waals surface area (Å²) in [5, 5.41) is 2.66. The number of hydrogen-bond donors (Lipinski definition) is 1. The smallest absolute Gasteiger partial charge is 0.289 e. The first-order valence-corrected chi connectivity index (χ1v) is 10.3. The predicted molar refractivity (Wildman–Crippen MR) is 118 cm³/mol. The number of carbonyl (C=O) groups excluding carboxylic acids is 3. The van der Waals surface area contributed by atoms with E-state index in [2.05, 4.69) is 5.32 Å². The SMILES string of the molecule is Cc1ccc(N2C(=O)/C(=C/N3CCN(C(=O)c4ccco4)CC3)C(=O)NC2=S)cc1C. The minimum absolute atomic E-state index is 0.0117. The summed E-state index contributed by atoms with van der Waals surface area (Å²) in [7, 11) is 0. The van der Waals surface area contributed by atoms with Gasteiger partial charge in [0.05, 0.1) is 12.0 Å². The van der Waals surface area contributed by atoms with E-state index in [1.165, 1.54) is 11.2 Å². The van der Waals surface area contributed by atoms with E-state index in [0.717, 1.165) is 11.1 Å². The highest BCUT2D eigenvalue weighted by Crippen LogP contribution is 2.24. The summed E-state index contributed by atoms with van der Waals surface area (Å²) in [4.78, 5) is 42.9. The van der Waals surface area contributed by atoms with Gasteiger partial charge in [0.15, 0.2) is 10.9 Å². The third kappa shape index (κ3) is 4.09. The molecule has 2 fully saturated rings. The molecule has 0 spiro atoms. The lowest BCUT2D eigenvalue weighted by molar-refractivity contribution is -0.122. The third-order valence-electron chi connectivity index (χ3n) is 5.50. The summed E-state index contributed by atoms with van der Waals surface area (Å²) in [6.45, 7) is 5.83. The topological polar surface area (TPSA) is 86.1 Å². The Balaban J connectivity index is 1.50. The molecule has 3 amide bonds. The number of nitrogens with zero attached hydrogens (tertiary/aromatic N) is 3. The maximum Gasteiger partial charge on any atom is 0.289 e. The zero-order chi connectivity index (χ0) is 22.1. The van der Waals surface area contributed by atoms with Crippen LogP contribution in [0.4, 0.5) is 5.69 Å². The van der Waals surface area contributed by atoms with Gasteiger partial charge in [-0.15, -0.1) is 0 Å². The van der Waals surface area contributed by atoms with Crippen LogP contribution < -0.4 is 10.2 Å². The second-order valence-corrected chi connectivity index (χ2v) is 7.90. The van der Waals surface area contributed by atoms with E-state index in [9.17, 15) is 14.4 Å². The van der Waals surface area contributed by atoms with E-state index in [0.29, 0.717) is 37.6 Å². The van der Waals surface area contributed by atoms with Crippen molar-refractivity contribution in [3.63, 3.8) is 0 Å². The number of amides is 3. The molecule has 2 saturated heterocycles. The van der Waals surface area contributed by atoms with Crippen molar-refractivity contribution in [1.29, 1.82) is 0 Å². The number of carbonyl (C=O) groups is 3. The number of furan rings is 1. The fourth-order valence-electron chi connectivity index (χ4n) is 3.54. The fraction of sp³-hybridized carbons (Fsp3) is 0.273. The summed E-state index contributed by atoms with van der Waals surface area (Å²) >= 11 is 5.26. The van der Waals surface area contributed by atoms with Gasteiger partial charge in [0, 0.05) is 32.4 Å². The Kier molecular flexibility index (Phi) is 5.60. The number of benzene rings is 1. The zero-order valence-electron chi connectivity index (χ0n) is 17.3. The van der Waals surface area contributed by atoms with Crippen LogP contribution in [0, 0.1) is 13.8 Å². The first-order valence-electron chi connectivity index (χ1n) is 9.91. The fourth-order valence-corrected chi connectivity index (χ4v) is 3.82. The molecule has 1 aromatic carbocycles. The van der Waals surface area contributed by atoms with Gasteiger partial charge in [-0.1, -0.05) is 6.07 Å². The Morgan fingerprint density at radius 2 is 1.84 bits per heavy atom. The van der Waals surface area contributed by atoms with E-state index in [1.54, 1.807) is 29.3 Å². The molecule has 3 heterocycles. The van der Waals surface area contributed by atoms with Crippen molar-refractivity contribution < 1.29 is 18.8 Å². The van der Waals surface area contributed by atoms with E-state index < -0.39 is 11.8 Å². The van der Waals surface area contributed by atoms with Gasteiger partial charge < -0.3 is 14.2 Å². The number of hydrogen-bond acceptors (Lipinski definition) is 6. The second-order valence-electron chi connectivity index (χ2n) is 7.52. The maximum atomic E-state index is 13.2. The molecule has 2 aliphatic rings. The number of thiocarbonyl (C=S) groups is 1. The van der Waals surface area contributed by atoms with E-state index >= 15 is 0 Å². The third-order valence-corrected chi connectivity index (χ3v) is 5.78. The van der Waals surface area contributed by atoms with Crippen molar-refractivity contribution in [1.82, 2.24) is 15.1 Å². The molecule has 0 aliphatic carbocycles. The Hall–Kier alpha value is -3.46. The zero-order valence-corrected chi connectivity index (χ0v) is 18.1. The Labute approximate surface area is 185 Å². The van der Waals surface area contributed by atoms with Crippen LogP contribution in [0.15, 0.2) is 52.8 Å². The molecule has 2 aliphatic heterocycles. The van der Waals surface area contributed by atoms with E-state index in [-0.39, 0.29) is 16.6 Å². The van der Waals surface area contributed by atoms with Gasteiger partial charge in [-0.2, -0.15) is 0 Å². The molecule has 31 heavy (non-hydrogen) atoms. The standard InChI is InChI=1S/C22H22N4O4S/c1-14-5-6-16(12-15(14)2)26-20(28)17(19(27)23-22(26)31)13-24-7-9-25(10-8-24)21(29)18-4-3-11-30-18/h3-6,11-13H,7-10H2,1-2H3,(H,23,27,31)/b17-13+. The molecular formula is C22H22N4O4S. The molecule has 0 radical (unpaired) electrons. The molecule has 4 rings (SSSR count). The van der Waals surface area contributed by atoms with E-state index in [1.807, 2.05) is 30.9 Å². The van der Waals surface area contributed by atoms with Crippen LogP contribution in [-0.4, -0.2) is 58.8 Å². The van der Waals surface area contributed by atoms with Crippen LogP contribution >= 0.6 is 12.2 Å². The highest BCUT2D eigenvalue weighted by atomic mass is 32.1. The highest BCUT2D eigenvalue weighted by molar-refractivity contribution is 7.80. The van der Waals surface area contributed by atoms with Crippen molar-refractivity contribution in [2.24, 2.45) is 0 Å². The lowest BCUT2D eigenvalue weighted by Gasteiger charge is -2.35. The van der Waals surface area contributed by atoms with Crippen molar-refractivity contribution in [3.8, 4) is 0 Å². The molecule has 2 aromatic rings. The van der Waals surface area contributed by atoms with Crippen LogP contribution in [0.25, 0.3) is 0 Å². The molecule has 0 saturated carbocycles. The lowest BCUT2D eigenvalue weighted by Crippen LogP contribution is -2.55. The van der Waals surface area contributed by atoms with Crippen LogP contribution in [0.5, 0.6) is 0 Å². The monoisotopic (exact) mass is 438 g/mol. The Bertz CT molecular complexity index is 1080. The van der Waals surface area contributed by atoms with Gasteiger partial charge in [-0.3, -0.25) is 24.6 Å². The number of aryl methyl sites for hydroxylation is 2. The van der Waals surface area contributed by atoms with E-state index in [4.69, 9.17) is 16.6 Å². The van der Waals surface area contributed by atoms with Gasteiger partial charge in [0.1, 0.15) is 5.57 Å². The van der Waals surface area contributed by atoms with Crippen molar-refractivity contribution in [3.05, 3.63) is 65.3 Å². The predicted octanol–water partition coefficient (Wildman–Crippen LogP) is 1.99. The van der Waals surface area contributed by atoms with Gasteiger partial charge in [-0.25, -0.2) is 0 Å². The van der Waals surface area contributed by atoms with Gasteiger partial charge >= 0.3 is 0 Å². The molecule has 1 N–H and O–H groups in total. The number of rotatable bonds is 3. The molecule has 160 valence electrons. The Morgan fingerprint density at radius 3 is 2.48 bits per heavy atom. The average molecular weight is 439 g/mol. The minimum atomic E-state index is -0.524. The van der Waals surface area contributed by atoms with Crippen LogP contribution in [0.1, 0.15) is 21.7 Å². The molecule has 0 unspecified atom stereocenters. The number of piperazine rings is 1. The number of anilines is 1. The summed E-state index contributed by atoms with van der Waals surface area (Å²) in [5.74, 6) is -0.864. The van der Waals surface area contributed by atoms with Crippen LogP contribution in [0.3, 0.4) is 0 Å². The molecule has 0 bridgehead atoms. The second kappa shape index (κ2) is 8.35. The lowest BCUT2D eigenvalue weighted by atomic mass is 10.1. The largest absolute Gasteiger partial charge is 0.459 e. The minimum Gasteiger partial charge on any atom is -0.459 e. The van der Waals surface area contributed by atoms with Crippen molar-refractivity contribution in [2.75, 3.05) is 31.1 Å². The summed E-state index contributed by atoms with van der Waals surface area (Å²) in [5.41, 5.74) is 2.74. The molecule has 0 atom stereocenters.